The zero-order chi connectivity index (χ0) is 18.0. The number of fused-ring (bicyclic) bond motifs is 1. The summed E-state index contributed by atoms with van der Waals surface area (Å²) in [4.78, 5) is 16.6. The van der Waals surface area contributed by atoms with Gasteiger partial charge >= 0.3 is 0 Å². The summed E-state index contributed by atoms with van der Waals surface area (Å²) in [5.41, 5.74) is 0.800. The number of hydrogen-bond acceptors (Lipinski definition) is 5. The molecule has 1 spiro atoms. The van der Waals surface area contributed by atoms with Crippen LogP contribution in [0.5, 0.6) is 5.75 Å². The minimum atomic E-state index is -0.248. The van der Waals surface area contributed by atoms with Crippen molar-refractivity contribution in [3.8, 4) is 5.75 Å². The van der Waals surface area contributed by atoms with Gasteiger partial charge in [0.2, 0.25) is 5.91 Å². The predicted octanol–water partition coefficient (Wildman–Crippen LogP) is 2.42. The molecule has 0 radical (unpaired) electrons. The second-order valence-electron chi connectivity index (χ2n) is 7.19. The van der Waals surface area contributed by atoms with Crippen molar-refractivity contribution < 1.29 is 14.3 Å². The van der Waals surface area contributed by atoms with Gasteiger partial charge in [0.05, 0.1) is 25.3 Å². The summed E-state index contributed by atoms with van der Waals surface area (Å²) in [5.74, 6) is 0.882. The Hall–Kier alpha value is -2.41. The molecule has 1 saturated heterocycles. The molecule has 2 aliphatic heterocycles. The fourth-order valence-electron chi connectivity index (χ4n) is 3.86. The van der Waals surface area contributed by atoms with E-state index in [2.05, 4.69) is 15.4 Å². The lowest BCUT2D eigenvalue weighted by atomic mass is 9.82. The van der Waals surface area contributed by atoms with Crippen LogP contribution in [0, 0.1) is 0 Å². The minimum absolute atomic E-state index is 0.0110. The van der Waals surface area contributed by atoms with E-state index in [1.165, 1.54) is 6.33 Å². The molecule has 1 aromatic heterocycles. The lowest BCUT2D eigenvalue weighted by Gasteiger charge is -2.44. The number of carbonyl (C=O) groups excluding carboxylic acids is 1. The smallest absolute Gasteiger partial charge is 0.222 e. The number of amides is 1. The van der Waals surface area contributed by atoms with Crippen LogP contribution in [0.15, 0.2) is 36.9 Å². The zero-order valence-electron chi connectivity index (χ0n) is 14.9. The Morgan fingerprint density at radius 2 is 2.19 bits per heavy atom. The van der Waals surface area contributed by atoms with Crippen molar-refractivity contribution in [2.24, 2.45) is 0 Å². The number of ether oxygens (including phenoxy) is 2. The zero-order valence-corrected chi connectivity index (χ0v) is 14.9. The van der Waals surface area contributed by atoms with E-state index >= 15 is 0 Å². The van der Waals surface area contributed by atoms with Crippen LogP contribution in [0.4, 0.5) is 0 Å². The summed E-state index contributed by atoms with van der Waals surface area (Å²) in [6.07, 6.45) is 5.96. The molecular formula is C19H24N4O3. The highest BCUT2D eigenvalue weighted by Gasteiger charge is 2.42. The molecule has 0 unspecified atom stereocenters. The summed E-state index contributed by atoms with van der Waals surface area (Å²) in [5, 5.41) is 7.33. The SMILES string of the molecule is C[C@@H](CC(=O)N[C@@H]1CC2(CCOCC2)Oc2ccccc21)n1cncn1. The maximum absolute atomic E-state index is 12.7. The molecular weight excluding hydrogens is 332 g/mol. The van der Waals surface area contributed by atoms with Crippen LogP contribution in [-0.4, -0.2) is 39.5 Å². The van der Waals surface area contributed by atoms with Gasteiger partial charge in [-0.3, -0.25) is 4.79 Å². The topological polar surface area (TPSA) is 78.3 Å². The molecule has 138 valence electrons. The number of nitrogens with zero attached hydrogens (tertiary/aromatic N) is 3. The molecule has 1 amide bonds. The van der Waals surface area contributed by atoms with Crippen molar-refractivity contribution in [3.63, 3.8) is 0 Å². The van der Waals surface area contributed by atoms with Crippen molar-refractivity contribution >= 4 is 5.91 Å². The van der Waals surface area contributed by atoms with Gasteiger partial charge in [-0.15, -0.1) is 0 Å². The quantitative estimate of drug-likeness (QED) is 0.910. The monoisotopic (exact) mass is 356 g/mol. The average Bonchev–Trinajstić information content (AvgIpc) is 3.17. The van der Waals surface area contributed by atoms with Crippen LogP contribution in [0.1, 0.15) is 50.3 Å². The molecule has 2 atom stereocenters. The summed E-state index contributed by atoms with van der Waals surface area (Å²) in [7, 11) is 0. The molecule has 1 aromatic carbocycles. The number of benzene rings is 1. The fourth-order valence-corrected chi connectivity index (χ4v) is 3.86. The van der Waals surface area contributed by atoms with Crippen molar-refractivity contribution in [2.75, 3.05) is 13.2 Å². The second kappa shape index (κ2) is 7.07. The maximum atomic E-state index is 12.7. The molecule has 3 heterocycles. The van der Waals surface area contributed by atoms with Crippen molar-refractivity contribution in [1.82, 2.24) is 20.1 Å². The Labute approximate surface area is 152 Å². The average molecular weight is 356 g/mol. The molecule has 1 fully saturated rings. The Morgan fingerprint density at radius 3 is 2.96 bits per heavy atom. The van der Waals surface area contributed by atoms with Crippen LogP contribution < -0.4 is 10.1 Å². The van der Waals surface area contributed by atoms with Gasteiger partial charge in [-0.2, -0.15) is 5.10 Å². The summed E-state index contributed by atoms with van der Waals surface area (Å²) < 4.78 is 13.6. The minimum Gasteiger partial charge on any atom is -0.487 e. The van der Waals surface area contributed by atoms with Crippen LogP contribution in [0.2, 0.25) is 0 Å². The van der Waals surface area contributed by atoms with E-state index < -0.39 is 0 Å². The van der Waals surface area contributed by atoms with Crippen molar-refractivity contribution in [2.45, 2.75) is 50.3 Å². The van der Waals surface area contributed by atoms with E-state index in [-0.39, 0.29) is 23.6 Å². The largest absolute Gasteiger partial charge is 0.487 e. The highest BCUT2D eigenvalue weighted by Crippen LogP contribution is 2.43. The Kier molecular flexibility index (Phi) is 4.63. The van der Waals surface area contributed by atoms with Gasteiger partial charge in [0.25, 0.3) is 0 Å². The summed E-state index contributed by atoms with van der Waals surface area (Å²) in [6, 6.07) is 7.90. The number of hydrogen-bond donors (Lipinski definition) is 1. The Morgan fingerprint density at radius 1 is 1.38 bits per heavy atom. The Bertz CT molecular complexity index is 756. The number of rotatable bonds is 4. The van der Waals surface area contributed by atoms with Gasteiger partial charge in [-0.1, -0.05) is 18.2 Å². The number of para-hydroxylation sites is 1. The standard InChI is InChI=1S/C19H24N4O3/c1-14(23-13-20-12-21-23)10-18(24)22-16-11-19(6-8-25-9-7-19)26-17-5-3-2-4-15(16)17/h2-5,12-14,16H,6-11H2,1H3,(H,22,24)/t14-,16+/m0/s1. The third-order valence-electron chi connectivity index (χ3n) is 5.31. The first-order valence-electron chi connectivity index (χ1n) is 9.14. The van der Waals surface area contributed by atoms with Gasteiger partial charge in [-0.05, 0) is 13.0 Å². The van der Waals surface area contributed by atoms with Gasteiger partial charge < -0.3 is 14.8 Å². The summed E-state index contributed by atoms with van der Waals surface area (Å²) >= 11 is 0. The van der Waals surface area contributed by atoms with Gasteiger partial charge in [0, 0.05) is 31.2 Å². The van der Waals surface area contributed by atoms with E-state index in [1.54, 1.807) is 11.0 Å². The van der Waals surface area contributed by atoms with Crippen LogP contribution >= 0.6 is 0 Å². The van der Waals surface area contributed by atoms with E-state index in [4.69, 9.17) is 9.47 Å². The number of aromatic nitrogens is 3. The first kappa shape index (κ1) is 17.0. The second-order valence-corrected chi connectivity index (χ2v) is 7.19. The molecule has 26 heavy (non-hydrogen) atoms. The molecule has 2 aromatic rings. The molecule has 7 nitrogen and oxygen atoms in total. The number of carbonyl (C=O) groups is 1. The van der Waals surface area contributed by atoms with E-state index in [0.29, 0.717) is 19.6 Å². The lowest BCUT2D eigenvalue weighted by molar-refractivity contribution is -0.123. The molecule has 2 aliphatic rings. The molecule has 7 heteroatoms. The number of nitrogens with one attached hydrogen (secondary N) is 1. The maximum Gasteiger partial charge on any atom is 0.222 e. The molecule has 0 aliphatic carbocycles. The van der Waals surface area contributed by atoms with Gasteiger partial charge in [0.1, 0.15) is 24.0 Å². The van der Waals surface area contributed by atoms with E-state index in [1.807, 2.05) is 31.2 Å². The van der Waals surface area contributed by atoms with Gasteiger partial charge in [-0.25, -0.2) is 9.67 Å². The van der Waals surface area contributed by atoms with Crippen molar-refractivity contribution in [3.05, 3.63) is 42.5 Å². The van der Waals surface area contributed by atoms with Crippen LogP contribution in [-0.2, 0) is 9.53 Å². The molecule has 4 rings (SSSR count). The predicted molar refractivity (Wildman–Crippen MR) is 94.7 cm³/mol. The third-order valence-corrected chi connectivity index (χ3v) is 5.31. The molecule has 1 N–H and O–H groups in total. The fraction of sp³-hybridized carbons (Fsp3) is 0.526. The molecule has 0 bridgehead atoms. The summed E-state index contributed by atoms with van der Waals surface area (Å²) in [6.45, 7) is 3.37. The molecule has 0 saturated carbocycles. The first-order valence-corrected chi connectivity index (χ1v) is 9.14. The Balaban J connectivity index is 1.50. The normalized spacial score (nSPS) is 22.3. The highest BCUT2D eigenvalue weighted by atomic mass is 16.5. The van der Waals surface area contributed by atoms with E-state index in [0.717, 1.165) is 30.6 Å². The first-order chi connectivity index (χ1) is 12.7. The third kappa shape index (κ3) is 3.44. The van der Waals surface area contributed by atoms with Crippen LogP contribution in [0.25, 0.3) is 0 Å². The van der Waals surface area contributed by atoms with Crippen molar-refractivity contribution in [1.29, 1.82) is 0 Å². The van der Waals surface area contributed by atoms with Crippen LogP contribution in [0.3, 0.4) is 0 Å². The lowest BCUT2D eigenvalue weighted by Crippen LogP contribution is -2.48. The van der Waals surface area contributed by atoms with E-state index in [9.17, 15) is 4.79 Å². The van der Waals surface area contributed by atoms with Gasteiger partial charge in [0.15, 0.2) is 0 Å². The highest BCUT2D eigenvalue weighted by molar-refractivity contribution is 5.77.